The molecule has 0 saturated heterocycles. The molecular formula is C22H42N2O2. The second-order valence-electron chi connectivity index (χ2n) is 8.41. The number of ketones is 1. The Morgan fingerprint density at radius 2 is 1.88 bits per heavy atom. The van der Waals surface area contributed by atoms with Crippen molar-refractivity contribution in [2.75, 3.05) is 13.6 Å². The van der Waals surface area contributed by atoms with Crippen molar-refractivity contribution in [3.63, 3.8) is 0 Å². The van der Waals surface area contributed by atoms with Gasteiger partial charge in [0, 0.05) is 12.5 Å². The number of nitrogens with zero attached hydrogens (tertiary/aromatic N) is 1. The van der Waals surface area contributed by atoms with Gasteiger partial charge in [0.2, 0.25) is 0 Å². The van der Waals surface area contributed by atoms with E-state index in [0.29, 0.717) is 5.92 Å². The molecule has 3 unspecified atom stereocenters. The molecule has 0 aliphatic heterocycles. The van der Waals surface area contributed by atoms with Crippen LogP contribution >= 0.6 is 0 Å². The van der Waals surface area contributed by atoms with Crippen LogP contribution in [-0.4, -0.2) is 36.7 Å². The Labute approximate surface area is 161 Å². The summed E-state index contributed by atoms with van der Waals surface area (Å²) in [5.74, 6) is 0.0389. The fourth-order valence-electron chi connectivity index (χ4n) is 3.82. The van der Waals surface area contributed by atoms with Gasteiger partial charge < -0.3 is 10.1 Å². The highest BCUT2D eigenvalue weighted by molar-refractivity contribution is 5.94. The van der Waals surface area contributed by atoms with E-state index in [1.807, 2.05) is 6.92 Å². The number of nitrogens with one attached hydrogen (secondary N) is 1. The molecule has 0 aromatic heterocycles. The van der Waals surface area contributed by atoms with E-state index in [4.69, 9.17) is 0 Å². The standard InChI is InChI=1S/C22H42N2O2/c1-9-12-17(4)21(23-11-3)24(8)14-13-22(7,10-2)15-18(5)20(26)19(6)16-25/h11,16-19,21,23H,3,9-10,12-15H2,1-2,4-8H3/t17?,18-,19?,21?,22-/m1/s1. The number of Topliss-reactive ketones (excluding diaryl/α,β-unsaturated/α-hetero) is 1. The molecule has 0 rings (SSSR count). The number of hydrogen-bond donors (Lipinski definition) is 1. The lowest BCUT2D eigenvalue weighted by Gasteiger charge is -2.37. The third-order valence-corrected chi connectivity index (χ3v) is 5.91. The molecule has 152 valence electrons. The summed E-state index contributed by atoms with van der Waals surface area (Å²) in [4.78, 5) is 25.6. The molecule has 0 saturated carbocycles. The lowest BCUT2D eigenvalue weighted by Crippen LogP contribution is -2.47. The topological polar surface area (TPSA) is 49.4 Å². The largest absolute Gasteiger partial charge is 0.376 e. The monoisotopic (exact) mass is 366 g/mol. The molecule has 0 spiro atoms. The van der Waals surface area contributed by atoms with Crippen molar-refractivity contribution >= 4 is 12.1 Å². The minimum absolute atomic E-state index is 0.0656. The van der Waals surface area contributed by atoms with E-state index < -0.39 is 5.92 Å². The molecule has 4 heteroatoms. The summed E-state index contributed by atoms with van der Waals surface area (Å²) in [5.41, 5.74) is 0.0959. The Kier molecular flexibility index (Phi) is 11.7. The van der Waals surface area contributed by atoms with Crippen molar-refractivity contribution in [2.24, 2.45) is 23.2 Å². The molecule has 0 heterocycles. The third-order valence-electron chi connectivity index (χ3n) is 5.91. The van der Waals surface area contributed by atoms with Gasteiger partial charge in [0.25, 0.3) is 0 Å². The van der Waals surface area contributed by atoms with Crippen LogP contribution in [0.5, 0.6) is 0 Å². The second kappa shape index (κ2) is 12.3. The van der Waals surface area contributed by atoms with Gasteiger partial charge in [-0.25, -0.2) is 0 Å². The van der Waals surface area contributed by atoms with Crippen LogP contribution in [-0.2, 0) is 9.59 Å². The second-order valence-corrected chi connectivity index (χ2v) is 8.41. The molecule has 0 aliphatic carbocycles. The maximum atomic E-state index is 12.3. The van der Waals surface area contributed by atoms with E-state index in [1.54, 1.807) is 13.1 Å². The molecule has 26 heavy (non-hydrogen) atoms. The molecule has 1 N–H and O–H groups in total. The summed E-state index contributed by atoms with van der Waals surface area (Å²) in [7, 11) is 2.16. The van der Waals surface area contributed by atoms with E-state index in [-0.39, 0.29) is 23.3 Å². The van der Waals surface area contributed by atoms with Crippen LogP contribution in [0.1, 0.15) is 73.6 Å². The minimum Gasteiger partial charge on any atom is -0.376 e. The van der Waals surface area contributed by atoms with Crippen LogP contribution in [0.15, 0.2) is 12.8 Å². The zero-order valence-electron chi connectivity index (χ0n) is 18.2. The number of rotatable bonds is 15. The highest BCUT2D eigenvalue weighted by atomic mass is 16.1. The quantitative estimate of drug-likeness (QED) is 0.260. The van der Waals surface area contributed by atoms with E-state index in [0.717, 1.165) is 32.1 Å². The van der Waals surface area contributed by atoms with Crippen molar-refractivity contribution in [1.29, 1.82) is 0 Å². The van der Waals surface area contributed by atoms with Crippen LogP contribution in [0, 0.1) is 23.2 Å². The maximum absolute atomic E-state index is 12.3. The van der Waals surface area contributed by atoms with E-state index in [2.05, 4.69) is 51.5 Å². The molecule has 0 bridgehead atoms. The number of carbonyl (C=O) groups excluding carboxylic acids is 2. The van der Waals surface area contributed by atoms with Gasteiger partial charge in [0.15, 0.2) is 0 Å². The van der Waals surface area contributed by atoms with Gasteiger partial charge in [-0.1, -0.05) is 54.0 Å². The summed E-state index contributed by atoms with van der Waals surface area (Å²) < 4.78 is 0. The average molecular weight is 367 g/mol. The summed E-state index contributed by atoms with van der Waals surface area (Å²) in [6.45, 7) is 17.4. The van der Waals surface area contributed by atoms with Gasteiger partial charge in [-0.05, 0) is 50.8 Å². The van der Waals surface area contributed by atoms with E-state index in [9.17, 15) is 9.59 Å². The first-order chi connectivity index (χ1) is 12.2. The summed E-state index contributed by atoms with van der Waals surface area (Å²) in [6.07, 6.45) is 8.06. The summed E-state index contributed by atoms with van der Waals surface area (Å²) in [6, 6.07) is 0. The Bertz CT molecular complexity index is 438. The molecule has 0 aliphatic rings. The first-order valence-electron chi connectivity index (χ1n) is 10.2. The van der Waals surface area contributed by atoms with Crippen LogP contribution in [0.25, 0.3) is 0 Å². The van der Waals surface area contributed by atoms with Crippen LogP contribution in [0.3, 0.4) is 0 Å². The Morgan fingerprint density at radius 1 is 1.27 bits per heavy atom. The van der Waals surface area contributed by atoms with Crippen molar-refractivity contribution in [3.8, 4) is 0 Å². The third kappa shape index (κ3) is 8.03. The predicted molar refractivity (Wildman–Crippen MR) is 111 cm³/mol. The van der Waals surface area contributed by atoms with Gasteiger partial charge in [-0.2, -0.15) is 0 Å². The van der Waals surface area contributed by atoms with Gasteiger partial charge in [0.1, 0.15) is 12.1 Å². The SMILES string of the molecule is C=CNC(C(C)CCC)N(C)CC[C@@](C)(CC)C[C@@H](C)C(=O)C(C)C=O. The zero-order valence-corrected chi connectivity index (χ0v) is 18.2. The molecule has 0 radical (unpaired) electrons. The highest BCUT2D eigenvalue weighted by Crippen LogP contribution is 2.35. The van der Waals surface area contributed by atoms with Crippen molar-refractivity contribution in [1.82, 2.24) is 10.2 Å². The van der Waals surface area contributed by atoms with Crippen LogP contribution in [0.2, 0.25) is 0 Å². The number of aldehydes is 1. The van der Waals surface area contributed by atoms with Crippen LogP contribution in [0.4, 0.5) is 0 Å². The first-order valence-corrected chi connectivity index (χ1v) is 10.2. The molecule has 0 fully saturated rings. The minimum atomic E-state index is -0.496. The van der Waals surface area contributed by atoms with Crippen molar-refractivity contribution < 1.29 is 9.59 Å². The normalized spacial score (nSPS) is 18.5. The fraction of sp³-hybridized carbons (Fsp3) is 0.818. The maximum Gasteiger partial charge on any atom is 0.145 e. The van der Waals surface area contributed by atoms with Gasteiger partial charge >= 0.3 is 0 Å². The van der Waals surface area contributed by atoms with E-state index in [1.165, 1.54) is 12.8 Å². The Hall–Kier alpha value is -1.16. The molecular weight excluding hydrogens is 324 g/mol. The number of hydrogen-bond acceptors (Lipinski definition) is 4. The Balaban J connectivity index is 4.88. The Morgan fingerprint density at radius 3 is 2.35 bits per heavy atom. The smallest absolute Gasteiger partial charge is 0.145 e. The molecule has 5 atom stereocenters. The average Bonchev–Trinajstić information content (AvgIpc) is 2.62. The van der Waals surface area contributed by atoms with Gasteiger partial charge in [0.05, 0.1) is 12.1 Å². The lowest BCUT2D eigenvalue weighted by atomic mass is 9.74. The molecule has 0 aromatic rings. The highest BCUT2D eigenvalue weighted by Gasteiger charge is 2.30. The van der Waals surface area contributed by atoms with Gasteiger partial charge in [-0.3, -0.25) is 9.69 Å². The van der Waals surface area contributed by atoms with Crippen molar-refractivity contribution in [3.05, 3.63) is 12.8 Å². The number of carbonyl (C=O) groups is 2. The summed E-state index contributed by atoms with van der Waals surface area (Å²) >= 11 is 0. The zero-order chi connectivity index (χ0) is 20.3. The molecule has 0 aromatic carbocycles. The predicted octanol–water partition coefficient (Wildman–Crippen LogP) is 4.65. The fourth-order valence-corrected chi connectivity index (χ4v) is 3.82. The first kappa shape index (κ1) is 24.8. The van der Waals surface area contributed by atoms with Crippen LogP contribution < -0.4 is 5.32 Å². The van der Waals surface area contributed by atoms with E-state index >= 15 is 0 Å². The van der Waals surface area contributed by atoms with Crippen molar-refractivity contribution in [2.45, 2.75) is 79.8 Å². The molecule has 0 amide bonds. The molecule has 4 nitrogen and oxygen atoms in total. The lowest BCUT2D eigenvalue weighted by molar-refractivity contribution is -0.130. The summed E-state index contributed by atoms with van der Waals surface area (Å²) in [5, 5.41) is 3.40. The van der Waals surface area contributed by atoms with Gasteiger partial charge in [-0.15, -0.1) is 0 Å².